The summed E-state index contributed by atoms with van der Waals surface area (Å²) in [5, 5.41) is 3.48. The minimum atomic E-state index is -0.270. The van der Waals surface area contributed by atoms with Crippen LogP contribution in [0.25, 0.3) is 44.5 Å². The molecule has 8 aromatic rings. The molecule has 47 heavy (non-hydrogen) atoms. The van der Waals surface area contributed by atoms with E-state index in [4.69, 9.17) is 11.6 Å². The summed E-state index contributed by atoms with van der Waals surface area (Å²) in [6.07, 6.45) is 5.42. The fourth-order valence-corrected chi connectivity index (χ4v) is 6.81. The normalized spacial score (nSPS) is 11.0. The third-order valence-electron chi connectivity index (χ3n) is 6.88. The van der Waals surface area contributed by atoms with E-state index in [-0.39, 0.29) is 5.82 Å². The van der Waals surface area contributed by atoms with E-state index in [0.29, 0.717) is 10.7 Å². The number of benzene rings is 4. The van der Waals surface area contributed by atoms with Gasteiger partial charge in [0.2, 0.25) is 0 Å². The van der Waals surface area contributed by atoms with Gasteiger partial charge in [0, 0.05) is 40.8 Å². The number of H-pyrrole nitrogens is 2. The van der Waals surface area contributed by atoms with Crippen LogP contribution in [0.5, 0.6) is 0 Å². The first kappa shape index (κ1) is 30.8. The molecule has 0 aliphatic rings. The number of hydrogen-bond donors (Lipinski definition) is 4. The average Bonchev–Trinajstić information content (AvgIpc) is 3.90. The Hall–Kier alpha value is -4.82. The lowest BCUT2D eigenvalue weighted by Crippen LogP contribution is -1.92. The highest BCUT2D eigenvalue weighted by atomic mass is 35.5. The zero-order valence-electron chi connectivity index (χ0n) is 24.6. The fourth-order valence-electron chi connectivity index (χ4n) is 4.56. The summed E-state index contributed by atoms with van der Waals surface area (Å²) in [5.74, 6) is 2.07. The van der Waals surface area contributed by atoms with Gasteiger partial charge in [-0.05, 0) is 84.6 Å². The Labute approximate surface area is 286 Å². The molecule has 0 saturated heterocycles. The fraction of sp³-hybridized carbons (Fsp3) is 0.0303. The molecular formula is C33H25ClFN9S3. The predicted molar refractivity (Wildman–Crippen MR) is 192 cm³/mol. The van der Waals surface area contributed by atoms with Crippen LogP contribution in [0.15, 0.2) is 119 Å². The van der Waals surface area contributed by atoms with Gasteiger partial charge in [-0.1, -0.05) is 35.9 Å². The molecule has 234 valence electrons. The van der Waals surface area contributed by atoms with Gasteiger partial charge in [-0.2, -0.15) is 0 Å². The van der Waals surface area contributed by atoms with Crippen LogP contribution in [-0.2, 0) is 7.05 Å². The molecule has 0 amide bonds. The van der Waals surface area contributed by atoms with Gasteiger partial charge >= 0.3 is 0 Å². The smallest absolute Gasteiger partial charge is 0.175 e. The minimum absolute atomic E-state index is 0.270. The molecule has 4 N–H and O–H groups in total. The monoisotopic (exact) mass is 697 g/mol. The molecule has 0 aliphatic carbocycles. The summed E-state index contributed by atoms with van der Waals surface area (Å²) in [7, 11) is 1.95. The van der Waals surface area contributed by atoms with Crippen molar-refractivity contribution in [2.24, 2.45) is 7.05 Å². The summed E-state index contributed by atoms with van der Waals surface area (Å²) in [4.78, 5) is 26.3. The molecular weight excluding hydrogens is 673 g/mol. The van der Waals surface area contributed by atoms with Gasteiger partial charge in [0.1, 0.15) is 5.82 Å². The van der Waals surface area contributed by atoms with E-state index in [0.717, 1.165) is 60.0 Å². The number of aryl methyl sites for hydroxylation is 1. The molecule has 0 bridgehead atoms. The van der Waals surface area contributed by atoms with Crippen molar-refractivity contribution in [3.8, 4) is 22.5 Å². The number of imidazole rings is 3. The Morgan fingerprint density at radius 2 is 1.40 bits per heavy atom. The Bertz CT molecular complexity index is 2280. The lowest BCUT2D eigenvalue weighted by molar-refractivity contribution is 0.632. The van der Waals surface area contributed by atoms with Crippen molar-refractivity contribution in [3.05, 3.63) is 120 Å². The molecule has 14 heteroatoms. The van der Waals surface area contributed by atoms with Crippen LogP contribution in [0, 0.1) is 5.82 Å². The van der Waals surface area contributed by atoms with Crippen molar-refractivity contribution >= 4 is 80.3 Å². The van der Waals surface area contributed by atoms with Gasteiger partial charge in [0.25, 0.3) is 0 Å². The lowest BCUT2D eigenvalue weighted by atomic mass is 10.3. The molecule has 4 heterocycles. The number of thiazole rings is 1. The van der Waals surface area contributed by atoms with E-state index >= 15 is 0 Å². The number of halogens is 2. The van der Waals surface area contributed by atoms with Gasteiger partial charge in [-0.15, -0.1) is 11.3 Å². The first-order valence-electron chi connectivity index (χ1n) is 14.2. The van der Waals surface area contributed by atoms with Crippen molar-refractivity contribution in [1.82, 2.24) is 34.5 Å². The predicted octanol–water partition coefficient (Wildman–Crippen LogP) is 9.68. The van der Waals surface area contributed by atoms with E-state index in [1.807, 2.05) is 77.8 Å². The average molecular weight is 698 g/mol. The third kappa shape index (κ3) is 7.13. The number of hydrogen-bond acceptors (Lipinski definition) is 9. The van der Waals surface area contributed by atoms with E-state index in [2.05, 4.69) is 45.4 Å². The van der Waals surface area contributed by atoms with E-state index in [1.54, 1.807) is 41.9 Å². The highest BCUT2D eigenvalue weighted by Crippen LogP contribution is 2.30. The maximum Gasteiger partial charge on any atom is 0.175 e. The van der Waals surface area contributed by atoms with Crippen LogP contribution < -0.4 is 9.44 Å². The Kier molecular flexibility index (Phi) is 9.11. The molecule has 0 atom stereocenters. The van der Waals surface area contributed by atoms with Crippen LogP contribution in [0.3, 0.4) is 0 Å². The molecule has 0 saturated carbocycles. The summed E-state index contributed by atoms with van der Waals surface area (Å²) < 4.78 is 21.8. The number of rotatable bonds is 8. The summed E-state index contributed by atoms with van der Waals surface area (Å²) in [6, 6.07) is 26.2. The number of nitrogens with one attached hydrogen (secondary N) is 4. The number of aromatic nitrogens is 7. The van der Waals surface area contributed by atoms with Crippen molar-refractivity contribution in [1.29, 1.82) is 0 Å². The van der Waals surface area contributed by atoms with Crippen molar-refractivity contribution in [2.45, 2.75) is 9.79 Å². The SMILES string of the molecule is Cn1ccnc1-c1nc2ccc(SNc3ccccc3Cl)cc2[nH]1.Fc1ccccc1NSc1ccc2nc(-c3nccs3)[nH]c2c1. The Morgan fingerprint density at radius 1 is 0.766 bits per heavy atom. The van der Waals surface area contributed by atoms with E-state index in [1.165, 1.54) is 30.0 Å². The van der Waals surface area contributed by atoms with Gasteiger partial charge < -0.3 is 24.0 Å². The van der Waals surface area contributed by atoms with Crippen molar-refractivity contribution < 1.29 is 4.39 Å². The van der Waals surface area contributed by atoms with Crippen molar-refractivity contribution in [2.75, 3.05) is 9.44 Å². The number of fused-ring (bicyclic) bond motifs is 2. The second-order valence-electron chi connectivity index (χ2n) is 10.1. The van der Waals surface area contributed by atoms with Gasteiger partial charge in [0.05, 0.1) is 38.5 Å². The van der Waals surface area contributed by atoms with Crippen LogP contribution in [0.1, 0.15) is 0 Å². The minimum Gasteiger partial charge on any atom is -0.336 e. The molecule has 0 fully saturated rings. The van der Waals surface area contributed by atoms with Crippen LogP contribution in [-0.4, -0.2) is 34.5 Å². The second kappa shape index (κ2) is 13.9. The van der Waals surface area contributed by atoms with Crippen LogP contribution in [0.2, 0.25) is 5.02 Å². The quantitative estimate of drug-likeness (QED) is 0.116. The second-order valence-corrected chi connectivity index (χ2v) is 13.2. The van der Waals surface area contributed by atoms with Gasteiger partial charge in [0.15, 0.2) is 22.5 Å². The molecule has 0 aliphatic heterocycles. The topological polar surface area (TPSA) is 112 Å². The number of aromatic amines is 2. The maximum atomic E-state index is 13.6. The number of para-hydroxylation sites is 2. The first-order valence-corrected chi connectivity index (χ1v) is 17.1. The summed E-state index contributed by atoms with van der Waals surface area (Å²) in [5.41, 5.74) is 5.04. The Morgan fingerprint density at radius 3 is 2.04 bits per heavy atom. The zero-order valence-corrected chi connectivity index (χ0v) is 27.8. The molecule has 0 unspecified atom stereocenters. The number of anilines is 2. The van der Waals surface area contributed by atoms with E-state index < -0.39 is 0 Å². The third-order valence-corrected chi connectivity index (χ3v) is 9.61. The van der Waals surface area contributed by atoms with Crippen molar-refractivity contribution in [3.63, 3.8) is 0 Å². The van der Waals surface area contributed by atoms with Gasteiger partial charge in [-0.25, -0.2) is 24.3 Å². The molecule has 4 aromatic carbocycles. The molecule has 0 spiro atoms. The standard InChI is InChI=1S/C17H14ClN5S.C16H11FN4S2/c1-23-9-8-19-17(23)16-20-14-7-6-11(10-15(14)21-16)24-22-13-5-3-2-4-12(13)18;17-11-3-1-2-4-12(11)21-23-10-5-6-13-14(9-10)20-15(19-13)16-18-7-8-22-16/h2-10,22H,1H3,(H,20,21);1-9,21H,(H,19,20). The van der Waals surface area contributed by atoms with E-state index in [9.17, 15) is 4.39 Å². The number of nitrogens with zero attached hydrogens (tertiary/aromatic N) is 5. The first-order chi connectivity index (χ1) is 23.0. The van der Waals surface area contributed by atoms with Crippen LogP contribution >= 0.6 is 46.8 Å². The molecule has 8 rings (SSSR count). The molecule has 4 aromatic heterocycles. The highest BCUT2D eigenvalue weighted by Gasteiger charge is 2.11. The maximum absolute atomic E-state index is 13.6. The highest BCUT2D eigenvalue weighted by molar-refractivity contribution is 8.00. The largest absolute Gasteiger partial charge is 0.336 e. The molecule has 9 nitrogen and oxygen atoms in total. The zero-order chi connectivity index (χ0) is 32.2. The summed E-state index contributed by atoms with van der Waals surface area (Å²) >= 11 is 10.6. The summed E-state index contributed by atoms with van der Waals surface area (Å²) in [6.45, 7) is 0. The van der Waals surface area contributed by atoms with Gasteiger partial charge in [-0.3, -0.25) is 0 Å². The lowest BCUT2D eigenvalue weighted by Gasteiger charge is -2.06. The van der Waals surface area contributed by atoms with Crippen LogP contribution in [0.4, 0.5) is 15.8 Å². The molecule has 0 radical (unpaired) electrons. The Balaban J connectivity index is 0.000000150.